The minimum absolute atomic E-state index is 0.455. The zero-order valence-electron chi connectivity index (χ0n) is 11.5. The minimum atomic E-state index is 0.455. The maximum Gasteiger partial charge on any atom is 0.0593 e. The van der Waals surface area contributed by atoms with Crippen LogP contribution in [0.3, 0.4) is 0 Å². The van der Waals surface area contributed by atoms with E-state index in [2.05, 4.69) is 24.1 Å². The average Bonchev–Trinajstić information content (AvgIpc) is 2.73. The Bertz CT molecular complexity index is 224. The number of ether oxygens (including phenoxy) is 1. The van der Waals surface area contributed by atoms with Crippen LogP contribution in [-0.2, 0) is 4.74 Å². The highest BCUT2D eigenvalue weighted by Crippen LogP contribution is 2.31. The zero-order valence-corrected chi connectivity index (χ0v) is 11.5. The molecule has 100 valence electrons. The summed E-state index contributed by atoms with van der Waals surface area (Å²) in [5.74, 6) is 0.652. The molecule has 1 saturated carbocycles. The molecule has 0 amide bonds. The molecule has 1 aliphatic heterocycles. The van der Waals surface area contributed by atoms with Crippen LogP contribution in [0.1, 0.15) is 39.5 Å². The largest absolute Gasteiger partial charge is 0.380 e. The van der Waals surface area contributed by atoms with Crippen LogP contribution in [0.4, 0.5) is 0 Å². The molecule has 1 aliphatic carbocycles. The second kappa shape index (κ2) is 6.17. The summed E-state index contributed by atoms with van der Waals surface area (Å²) < 4.78 is 5.69. The van der Waals surface area contributed by atoms with Crippen molar-refractivity contribution in [2.75, 3.05) is 39.4 Å². The third-order valence-electron chi connectivity index (χ3n) is 4.02. The lowest BCUT2D eigenvalue weighted by molar-refractivity contribution is 0.0625. The maximum atomic E-state index is 5.69. The van der Waals surface area contributed by atoms with Crippen molar-refractivity contribution in [3.8, 4) is 0 Å². The smallest absolute Gasteiger partial charge is 0.0593 e. The van der Waals surface area contributed by atoms with Crippen LogP contribution in [0.15, 0.2) is 0 Å². The molecule has 0 aromatic carbocycles. The van der Waals surface area contributed by atoms with E-state index in [0.717, 1.165) is 26.3 Å². The van der Waals surface area contributed by atoms with E-state index < -0.39 is 0 Å². The Morgan fingerprint density at radius 2 is 2.06 bits per heavy atom. The van der Waals surface area contributed by atoms with Crippen LogP contribution in [-0.4, -0.2) is 49.8 Å². The predicted octanol–water partition coefficient (Wildman–Crippen LogP) is 1.88. The molecule has 1 spiro atoms. The van der Waals surface area contributed by atoms with E-state index in [0.29, 0.717) is 11.5 Å². The van der Waals surface area contributed by atoms with Gasteiger partial charge in [-0.1, -0.05) is 26.7 Å². The molecular weight excluding hydrogens is 212 g/mol. The second-order valence-electron chi connectivity index (χ2n) is 6.16. The molecule has 3 heteroatoms. The van der Waals surface area contributed by atoms with Gasteiger partial charge in [-0.25, -0.2) is 0 Å². The molecular formula is C14H28N2O. The fourth-order valence-electron chi connectivity index (χ4n) is 3.13. The van der Waals surface area contributed by atoms with E-state index in [1.54, 1.807) is 0 Å². The van der Waals surface area contributed by atoms with E-state index in [4.69, 9.17) is 4.74 Å². The molecule has 0 unspecified atom stereocenters. The van der Waals surface area contributed by atoms with Crippen molar-refractivity contribution in [3.63, 3.8) is 0 Å². The third-order valence-corrected chi connectivity index (χ3v) is 4.02. The lowest BCUT2D eigenvalue weighted by atomic mass is 9.94. The summed E-state index contributed by atoms with van der Waals surface area (Å²) in [7, 11) is 0. The summed E-state index contributed by atoms with van der Waals surface area (Å²) in [6.45, 7) is 10.9. The number of nitrogens with zero attached hydrogens (tertiary/aromatic N) is 1. The van der Waals surface area contributed by atoms with Crippen molar-refractivity contribution in [2.24, 2.45) is 5.92 Å². The number of rotatable bonds is 5. The molecule has 2 rings (SSSR count). The van der Waals surface area contributed by atoms with Gasteiger partial charge < -0.3 is 10.1 Å². The van der Waals surface area contributed by atoms with Crippen molar-refractivity contribution >= 4 is 0 Å². The summed E-state index contributed by atoms with van der Waals surface area (Å²) in [5, 5.41) is 3.75. The minimum Gasteiger partial charge on any atom is -0.380 e. The van der Waals surface area contributed by atoms with Gasteiger partial charge in [-0.05, 0) is 18.8 Å². The summed E-state index contributed by atoms with van der Waals surface area (Å²) in [4.78, 5) is 2.59. The quantitative estimate of drug-likeness (QED) is 0.743. The summed E-state index contributed by atoms with van der Waals surface area (Å²) >= 11 is 0. The summed E-state index contributed by atoms with van der Waals surface area (Å²) in [6.07, 6.45) is 5.56. The van der Waals surface area contributed by atoms with Gasteiger partial charge in [0.25, 0.3) is 0 Å². The first kappa shape index (κ1) is 13.3. The molecule has 1 heterocycles. The first-order valence-corrected chi connectivity index (χ1v) is 7.25. The molecule has 1 N–H and O–H groups in total. The Hall–Kier alpha value is -0.120. The van der Waals surface area contributed by atoms with Gasteiger partial charge in [-0.2, -0.15) is 0 Å². The lowest BCUT2D eigenvalue weighted by Gasteiger charge is -2.41. The van der Waals surface area contributed by atoms with Crippen LogP contribution in [0.25, 0.3) is 0 Å². The molecule has 0 aromatic rings. The van der Waals surface area contributed by atoms with Crippen LogP contribution < -0.4 is 5.32 Å². The molecule has 2 fully saturated rings. The van der Waals surface area contributed by atoms with Gasteiger partial charge in [0.1, 0.15) is 0 Å². The molecule has 3 nitrogen and oxygen atoms in total. The Labute approximate surface area is 106 Å². The number of hydrogen-bond acceptors (Lipinski definition) is 3. The molecule has 17 heavy (non-hydrogen) atoms. The molecule has 0 aromatic heterocycles. The standard InChI is InChI=1S/C14H28N2O/c1-13(2)11-17-10-9-16-8-7-15-14(12-16)5-3-4-6-14/h13,15H,3-12H2,1-2H3. The van der Waals surface area contributed by atoms with E-state index in [9.17, 15) is 0 Å². The highest BCUT2D eigenvalue weighted by molar-refractivity contribution is 4.98. The average molecular weight is 240 g/mol. The van der Waals surface area contributed by atoms with Crippen LogP contribution in [0, 0.1) is 5.92 Å². The Morgan fingerprint density at radius 3 is 2.76 bits per heavy atom. The zero-order chi connectivity index (χ0) is 12.1. The highest BCUT2D eigenvalue weighted by atomic mass is 16.5. The fourth-order valence-corrected chi connectivity index (χ4v) is 3.13. The second-order valence-corrected chi connectivity index (χ2v) is 6.16. The van der Waals surface area contributed by atoms with Gasteiger partial charge in [0.05, 0.1) is 6.61 Å². The SMILES string of the molecule is CC(C)COCCN1CCNC2(CCCC2)C1. The van der Waals surface area contributed by atoms with Gasteiger partial charge >= 0.3 is 0 Å². The van der Waals surface area contributed by atoms with Crippen LogP contribution in [0.5, 0.6) is 0 Å². The number of piperazine rings is 1. The monoisotopic (exact) mass is 240 g/mol. The summed E-state index contributed by atoms with van der Waals surface area (Å²) in [6, 6.07) is 0. The molecule has 0 atom stereocenters. The highest BCUT2D eigenvalue weighted by Gasteiger charge is 2.37. The Kier molecular flexibility index (Phi) is 4.83. The molecule has 0 radical (unpaired) electrons. The lowest BCUT2D eigenvalue weighted by Crippen LogP contribution is -2.59. The number of hydrogen-bond donors (Lipinski definition) is 1. The van der Waals surface area contributed by atoms with Gasteiger partial charge in [-0.3, -0.25) is 4.90 Å². The molecule has 2 aliphatic rings. The molecule has 0 bridgehead atoms. The van der Waals surface area contributed by atoms with Crippen molar-refractivity contribution in [1.29, 1.82) is 0 Å². The van der Waals surface area contributed by atoms with E-state index >= 15 is 0 Å². The predicted molar refractivity (Wildman–Crippen MR) is 71.3 cm³/mol. The molecule has 1 saturated heterocycles. The van der Waals surface area contributed by atoms with E-state index in [1.807, 2.05) is 0 Å². The van der Waals surface area contributed by atoms with Crippen molar-refractivity contribution in [3.05, 3.63) is 0 Å². The van der Waals surface area contributed by atoms with Crippen molar-refractivity contribution in [2.45, 2.75) is 45.1 Å². The third kappa shape index (κ3) is 3.94. The van der Waals surface area contributed by atoms with Gasteiger partial charge in [0, 0.05) is 38.3 Å². The maximum absolute atomic E-state index is 5.69. The first-order valence-electron chi connectivity index (χ1n) is 7.25. The Balaban J connectivity index is 1.67. The Morgan fingerprint density at radius 1 is 1.29 bits per heavy atom. The van der Waals surface area contributed by atoms with Gasteiger partial charge in [-0.15, -0.1) is 0 Å². The van der Waals surface area contributed by atoms with Gasteiger partial charge in [0.2, 0.25) is 0 Å². The van der Waals surface area contributed by atoms with Crippen LogP contribution in [0.2, 0.25) is 0 Å². The van der Waals surface area contributed by atoms with E-state index in [-0.39, 0.29) is 0 Å². The van der Waals surface area contributed by atoms with Crippen molar-refractivity contribution < 1.29 is 4.74 Å². The fraction of sp³-hybridized carbons (Fsp3) is 1.00. The van der Waals surface area contributed by atoms with Crippen molar-refractivity contribution in [1.82, 2.24) is 10.2 Å². The van der Waals surface area contributed by atoms with Crippen LogP contribution >= 0.6 is 0 Å². The number of nitrogens with one attached hydrogen (secondary N) is 1. The van der Waals surface area contributed by atoms with Gasteiger partial charge in [0.15, 0.2) is 0 Å². The summed E-state index contributed by atoms with van der Waals surface area (Å²) in [5.41, 5.74) is 0.455. The first-order chi connectivity index (χ1) is 8.20. The van der Waals surface area contributed by atoms with E-state index in [1.165, 1.54) is 38.8 Å². The topological polar surface area (TPSA) is 24.5 Å². The normalized spacial score (nSPS) is 24.9.